The Morgan fingerprint density at radius 3 is 2.48 bits per heavy atom. The Morgan fingerprint density at radius 2 is 1.85 bits per heavy atom. The lowest BCUT2D eigenvalue weighted by Gasteiger charge is -2.12. The number of pyridine rings is 1. The van der Waals surface area contributed by atoms with E-state index in [0.29, 0.717) is 11.3 Å². The number of aromatic nitrogens is 2. The molecule has 0 saturated carbocycles. The highest BCUT2D eigenvalue weighted by molar-refractivity contribution is 5.84. The molecule has 3 rings (SSSR count). The summed E-state index contributed by atoms with van der Waals surface area (Å²) in [4.78, 5) is 25.1. The van der Waals surface area contributed by atoms with Gasteiger partial charge in [0.2, 0.25) is 0 Å². The van der Waals surface area contributed by atoms with Gasteiger partial charge in [-0.3, -0.25) is 9.59 Å². The minimum Gasteiger partial charge on any atom is -0.380 e. The van der Waals surface area contributed by atoms with Gasteiger partial charge in [-0.2, -0.15) is 10.4 Å². The molecule has 0 aliphatic rings. The van der Waals surface area contributed by atoms with Crippen molar-refractivity contribution in [1.82, 2.24) is 14.6 Å². The number of hydrazone groups is 1. The number of amides is 1. The topological polar surface area (TPSA) is 101 Å². The predicted octanol–water partition coefficient (Wildman–Crippen LogP) is 3.04. The van der Waals surface area contributed by atoms with E-state index in [1.54, 1.807) is 19.2 Å². The van der Waals surface area contributed by atoms with Crippen molar-refractivity contribution in [2.75, 3.05) is 7.11 Å². The minimum atomic E-state index is -0.523. The molecule has 8 nitrogen and oxygen atoms in total. The first kappa shape index (κ1) is 23.7. The number of hydrogen-bond donors (Lipinski definition) is 1. The quantitative estimate of drug-likeness (QED) is 0.446. The number of nitriles is 1. The Morgan fingerprint density at radius 1 is 1.15 bits per heavy atom. The van der Waals surface area contributed by atoms with Crippen LogP contribution in [0.4, 0.5) is 0 Å². The molecule has 170 valence electrons. The van der Waals surface area contributed by atoms with Gasteiger partial charge >= 0.3 is 0 Å². The molecule has 0 aliphatic heterocycles. The Bertz CT molecular complexity index is 1310. The molecule has 0 radical (unpaired) electrons. The first-order valence-electron chi connectivity index (χ1n) is 10.5. The molecule has 1 aromatic carbocycles. The van der Waals surface area contributed by atoms with Crippen LogP contribution in [0.5, 0.6) is 0 Å². The number of hydrogen-bond acceptors (Lipinski definition) is 5. The average molecular weight is 446 g/mol. The number of nitrogens with one attached hydrogen (secondary N) is 1. The van der Waals surface area contributed by atoms with Gasteiger partial charge in [0, 0.05) is 41.0 Å². The zero-order valence-electron chi connectivity index (χ0n) is 19.5. The van der Waals surface area contributed by atoms with Gasteiger partial charge < -0.3 is 13.9 Å². The summed E-state index contributed by atoms with van der Waals surface area (Å²) in [6, 6.07) is 13.8. The number of benzene rings is 1. The van der Waals surface area contributed by atoms with E-state index in [0.717, 1.165) is 22.6 Å². The molecule has 8 heteroatoms. The molecule has 0 saturated heterocycles. The maximum atomic E-state index is 12.7. The predicted molar refractivity (Wildman–Crippen MR) is 127 cm³/mol. The lowest BCUT2D eigenvalue weighted by atomic mass is 10.1. The van der Waals surface area contributed by atoms with Gasteiger partial charge in [0.1, 0.15) is 18.2 Å². The van der Waals surface area contributed by atoms with Crippen LogP contribution < -0.4 is 11.0 Å². The summed E-state index contributed by atoms with van der Waals surface area (Å²) in [5.41, 5.74) is 8.14. The van der Waals surface area contributed by atoms with Crippen LogP contribution >= 0.6 is 0 Å². The van der Waals surface area contributed by atoms with Crippen molar-refractivity contribution < 1.29 is 9.53 Å². The van der Waals surface area contributed by atoms with Gasteiger partial charge in [0.05, 0.1) is 12.8 Å². The van der Waals surface area contributed by atoms with Gasteiger partial charge in [-0.05, 0) is 52.0 Å². The van der Waals surface area contributed by atoms with Crippen LogP contribution in [0.25, 0.3) is 5.69 Å². The molecule has 1 N–H and O–H groups in total. The molecule has 2 aromatic heterocycles. The summed E-state index contributed by atoms with van der Waals surface area (Å²) < 4.78 is 8.43. The van der Waals surface area contributed by atoms with E-state index in [-0.39, 0.29) is 18.7 Å². The van der Waals surface area contributed by atoms with Crippen LogP contribution in [0.3, 0.4) is 0 Å². The Balaban J connectivity index is 1.75. The van der Waals surface area contributed by atoms with E-state index in [4.69, 9.17) is 4.74 Å². The largest absolute Gasteiger partial charge is 0.380 e. The monoisotopic (exact) mass is 445 g/mol. The van der Waals surface area contributed by atoms with E-state index < -0.39 is 11.5 Å². The van der Waals surface area contributed by atoms with Crippen molar-refractivity contribution in [1.29, 1.82) is 5.26 Å². The average Bonchev–Trinajstić information content (AvgIpc) is 3.05. The molecule has 0 aliphatic carbocycles. The van der Waals surface area contributed by atoms with Crippen molar-refractivity contribution in [2.24, 2.45) is 5.10 Å². The van der Waals surface area contributed by atoms with Crippen molar-refractivity contribution >= 4 is 12.1 Å². The molecule has 0 fully saturated rings. The third-order valence-corrected chi connectivity index (χ3v) is 5.46. The minimum absolute atomic E-state index is 0.0257. The number of methoxy groups -OCH3 is 1. The maximum Gasteiger partial charge on any atom is 0.269 e. The molecule has 0 spiro atoms. The first-order chi connectivity index (χ1) is 15.8. The molecule has 33 heavy (non-hydrogen) atoms. The van der Waals surface area contributed by atoms with Crippen LogP contribution in [-0.2, 0) is 22.7 Å². The second-order valence-electron chi connectivity index (χ2n) is 7.91. The van der Waals surface area contributed by atoms with E-state index in [9.17, 15) is 14.9 Å². The lowest BCUT2D eigenvalue weighted by Crippen LogP contribution is -2.33. The Labute approximate surface area is 192 Å². The summed E-state index contributed by atoms with van der Waals surface area (Å²) in [5, 5.41) is 13.4. The van der Waals surface area contributed by atoms with Crippen molar-refractivity contribution in [3.63, 3.8) is 0 Å². The van der Waals surface area contributed by atoms with Gasteiger partial charge in [-0.1, -0.05) is 17.7 Å². The van der Waals surface area contributed by atoms with Crippen LogP contribution in [0.15, 0.2) is 46.3 Å². The highest BCUT2D eigenvalue weighted by atomic mass is 16.5. The van der Waals surface area contributed by atoms with Gasteiger partial charge in [-0.25, -0.2) is 5.43 Å². The van der Waals surface area contributed by atoms with Crippen molar-refractivity contribution in [3.8, 4) is 11.8 Å². The normalized spacial score (nSPS) is 11.0. The Kier molecular flexibility index (Phi) is 7.26. The smallest absolute Gasteiger partial charge is 0.269 e. The third kappa shape index (κ3) is 5.10. The molecular weight excluding hydrogens is 418 g/mol. The Hall–Kier alpha value is -3.96. The molecule has 0 unspecified atom stereocenters. The summed E-state index contributed by atoms with van der Waals surface area (Å²) in [5.74, 6) is -0.466. The van der Waals surface area contributed by atoms with E-state index in [2.05, 4.69) is 39.4 Å². The number of carbonyl (C=O) groups excluding carboxylic acids is 1. The van der Waals surface area contributed by atoms with E-state index in [1.807, 2.05) is 32.9 Å². The molecule has 0 bridgehead atoms. The molecule has 1 amide bonds. The zero-order chi connectivity index (χ0) is 24.1. The van der Waals surface area contributed by atoms with Gasteiger partial charge in [-0.15, -0.1) is 0 Å². The van der Waals surface area contributed by atoms with Gasteiger partial charge in [0.15, 0.2) is 0 Å². The van der Waals surface area contributed by atoms with Crippen molar-refractivity contribution in [2.45, 2.75) is 40.8 Å². The first-order valence-corrected chi connectivity index (χ1v) is 10.5. The fourth-order valence-electron chi connectivity index (χ4n) is 3.78. The van der Waals surface area contributed by atoms with E-state index >= 15 is 0 Å². The number of ether oxygens (including phenoxy) is 1. The van der Waals surface area contributed by atoms with Crippen LogP contribution in [-0.4, -0.2) is 28.4 Å². The number of nitrogens with zero attached hydrogens (tertiary/aromatic N) is 4. The molecular formula is C25H27N5O3. The zero-order valence-corrected chi connectivity index (χ0v) is 19.5. The maximum absolute atomic E-state index is 12.7. The van der Waals surface area contributed by atoms with Crippen molar-refractivity contribution in [3.05, 3.63) is 86.1 Å². The fraction of sp³-hybridized carbons (Fsp3) is 0.280. The van der Waals surface area contributed by atoms with E-state index in [1.165, 1.54) is 17.2 Å². The fourth-order valence-corrected chi connectivity index (χ4v) is 3.78. The van der Waals surface area contributed by atoms with Gasteiger partial charge in [0.25, 0.3) is 11.5 Å². The number of rotatable bonds is 7. The second-order valence-corrected chi connectivity index (χ2v) is 7.91. The van der Waals surface area contributed by atoms with Crippen LogP contribution in [0.1, 0.15) is 39.3 Å². The SMILES string of the molecule is COCc1cc(C)n(CC(=O)N/N=C/c2cc(C)n(-c3ccc(C)cc3)c2C)c(=O)c1C#N. The lowest BCUT2D eigenvalue weighted by molar-refractivity contribution is -0.121. The highest BCUT2D eigenvalue weighted by Gasteiger charge is 2.15. The second kappa shape index (κ2) is 10.1. The summed E-state index contributed by atoms with van der Waals surface area (Å²) in [6.45, 7) is 7.66. The van der Waals surface area contributed by atoms with Crippen LogP contribution in [0, 0.1) is 39.0 Å². The molecule has 3 aromatic rings. The number of carbonyl (C=O) groups is 1. The summed E-state index contributed by atoms with van der Waals surface area (Å²) in [6.07, 6.45) is 1.59. The summed E-state index contributed by atoms with van der Waals surface area (Å²) >= 11 is 0. The third-order valence-electron chi connectivity index (χ3n) is 5.46. The van der Waals surface area contributed by atoms with Crippen LogP contribution in [0.2, 0.25) is 0 Å². The molecule has 0 atom stereocenters. The molecule has 2 heterocycles. The highest BCUT2D eigenvalue weighted by Crippen LogP contribution is 2.20. The number of aryl methyl sites for hydroxylation is 3. The summed E-state index contributed by atoms with van der Waals surface area (Å²) in [7, 11) is 1.49. The standard InChI is InChI=1S/C25H27N5O3/c1-16-6-8-22(9-7-16)30-18(3)11-20(19(30)4)13-27-28-24(31)14-29-17(2)10-21(15-33-5)23(12-26)25(29)32/h6-11,13H,14-15H2,1-5H3,(H,28,31)/b27-13+.